The van der Waals surface area contributed by atoms with Gasteiger partial charge in [-0.3, -0.25) is 4.98 Å². The smallest absolute Gasteiger partial charge is 0.165 e. The van der Waals surface area contributed by atoms with E-state index in [-0.39, 0.29) is 11.7 Å². The van der Waals surface area contributed by atoms with Crippen molar-refractivity contribution in [1.29, 1.82) is 0 Å². The second-order valence-electron chi connectivity index (χ2n) is 16.4. The summed E-state index contributed by atoms with van der Waals surface area (Å²) in [5.41, 5.74) is 4.09. The molecule has 3 aromatic heterocycles. The van der Waals surface area contributed by atoms with E-state index in [2.05, 4.69) is 56.3 Å². The molecule has 0 saturated heterocycles. The first-order valence-electron chi connectivity index (χ1n) is 17.7. The standard InChI is InChI=1S/C37H55N5O5SSi2/c1-48(44,45)26-37(43)17-15-30(16-18-37)34-23-35(41(27-46-19-21-49(2,3)4)28-47-20-22-50(5,6)7)42-36(40-34)32(25-39-42)31-13-14-33(38-24-31)29-11-9-8-10-12-29/h8-14,23-25,30,43H,15-22,26-28H2,1-7H3/t30-,37-. The Morgan fingerprint density at radius 2 is 1.52 bits per heavy atom. The average molecular weight is 738 g/mol. The Morgan fingerprint density at radius 1 is 0.900 bits per heavy atom. The number of fused-ring (bicyclic) bond motifs is 1. The van der Waals surface area contributed by atoms with Crippen LogP contribution in [0, 0.1) is 0 Å². The van der Waals surface area contributed by atoms with Crippen LogP contribution in [0.2, 0.25) is 51.4 Å². The number of hydrogen-bond acceptors (Lipinski definition) is 9. The summed E-state index contributed by atoms with van der Waals surface area (Å²) < 4.78 is 38.6. The SMILES string of the molecule is C[Si](C)(C)CCOCN(COCC[Si](C)(C)C)c1cc([C@H]2CC[C@@](O)(CS(C)(=O)=O)CC2)nc2c(-c3ccc(-c4ccccc4)nc3)cnn12. The van der Waals surface area contributed by atoms with Gasteiger partial charge in [-0.05, 0) is 43.8 Å². The van der Waals surface area contributed by atoms with Gasteiger partial charge in [-0.1, -0.05) is 75.7 Å². The van der Waals surface area contributed by atoms with Gasteiger partial charge in [0.05, 0.1) is 23.2 Å². The predicted octanol–water partition coefficient (Wildman–Crippen LogP) is 7.32. The first-order chi connectivity index (χ1) is 23.5. The van der Waals surface area contributed by atoms with Crippen molar-refractivity contribution in [3.05, 3.63) is 66.6 Å². The van der Waals surface area contributed by atoms with Crippen LogP contribution in [-0.4, -0.2) is 93.5 Å². The highest BCUT2D eigenvalue weighted by molar-refractivity contribution is 7.90. The number of nitrogens with zero attached hydrogens (tertiary/aromatic N) is 5. The van der Waals surface area contributed by atoms with Crippen LogP contribution in [0.3, 0.4) is 0 Å². The minimum absolute atomic E-state index is 0.0439. The maximum Gasteiger partial charge on any atom is 0.165 e. The van der Waals surface area contributed by atoms with Gasteiger partial charge >= 0.3 is 0 Å². The second-order valence-corrected chi connectivity index (χ2v) is 29.8. The number of hydrogen-bond donors (Lipinski definition) is 1. The van der Waals surface area contributed by atoms with Crippen LogP contribution >= 0.6 is 0 Å². The van der Waals surface area contributed by atoms with Crippen LogP contribution in [0.25, 0.3) is 28.0 Å². The van der Waals surface area contributed by atoms with E-state index in [0.717, 1.165) is 46.0 Å². The lowest BCUT2D eigenvalue weighted by Crippen LogP contribution is -2.40. The van der Waals surface area contributed by atoms with Crippen molar-refractivity contribution in [2.75, 3.05) is 43.6 Å². The molecular weight excluding hydrogens is 683 g/mol. The first kappa shape index (κ1) is 38.3. The summed E-state index contributed by atoms with van der Waals surface area (Å²) in [6.45, 7) is 16.1. The summed E-state index contributed by atoms with van der Waals surface area (Å²) in [5, 5.41) is 16.0. The Kier molecular flexibility index (Phi) is 12.1. The van der Waals surface area contributed by atoms with Crippen molar-refractivity contribution in [1.82, 2.24) is 19.6 Å². The fourth-order valence-corrected chi connectivity index (χ4v) is 9.07. The fourth-order valence-electron chi connectivity index (χ4n) is 6.30. The van der Waals surface area contributed by atoms with Gasteiger partial charge in [-0.25, -0.2) is 13.4 Å². The van der Waals surface area contributed by atoms with E-state index in [1.54, 1.807) is 0 Å². The van der Waals surface area contributed by atoms with E-state index in [9.17, 15) is 13.5 Å². The van der Waals surface area contributed by atoms with E-state index in [0.29, 0.717) is 58.0 Å². The first-order valence-corrected chi connectivity index (χ1v) is 27.2. The van der Waals surface area contributed by atoms with Crippen molar-refractivity contribution < 1.29 is 23.0 Å². The fraction of sp³-hybridized carbons (Fsp3) is 0.541. The van der Waals surface area contributed by atoms with E-state index < -0.39 is 31.6 Å². The summed E-state index contributed by atoms with van der Waals surface area (Å²) in [6, 6.07) is 18.4. The normalized spacial score (nSPS) is 18.8. The molecule has 0 amide bonds. The molecule has 1 N–H and O–H groups in total. The lowest BCUT2D eigenvalue weighted by atomic mass is 9.78. The predicted molar refractivity (Wildman–Crippen MR) is 208 cm³/mol. The number of pyridine rings is 1. The van der Waals surface area contributed by atoms with Gasteiger partial charge in [0, 0.05) is 76.2 Å². The summed E-state index contributed by atoms with van der Waals surface area (Å²) >= 11 is 0. The third-order valence-corrected chi connectivity index (χ3v) is 13.8. The molecule has 0 bridgehead atoms. The molecule has 50 heavy (non-hydrogen) atoms. The molecule has 0 spiro atoms. The molecule has 3 heterocycles. The van der Waals surface area contributed by atoms with Crippen molar-refractivity contribution in [3.63, 3.8) is 0 Å². The van der Waals surface area contributed by atoms with Crippen LogP contribution < -0.4 is 4.90 Å². The molecule has 13 heteroatoms. The van der Waals surface area contributed by atoms with Crippen LogP contribution in [0.15, 0.2) is 60.9 Å². The Labute approximate surface area is 300 Å². The van der Waals surface area contributed by atoms with Gasteiger partial charge in [0.15, 0.2) is 5.65 Å². The van der Waals surface area contributed by atoms with E-state index in [1.165, 1.54) is 6.26 Å². The molecule has 1 aliphatic rings. The molecule has 272 valence electrons. The number of ether oxygens (including phenoxy) is 2. The number of benzene rings is 1. The van der Waals surface area contributed by atoms with Gasteiger partial charge in [-0.2, -0.15) is 9.61 Å². The Hall–Kier alpha value is -2.95. The highest BCUT2D eigenvalue weighted by Gasteiger charge is 2.37. The van der Waals surface area contributed by atoms with Gasteiger partial charge < -0.3 is 19.5 Å². The number of sulfone groups is 1. The summed E-state index contributed by atoms with van der Waals surface area (Å²) in [6.07, 6.45) is 6.95. The van der Waals surface area contributed by atoms with Crippen LogP contribution in [0.1, 0.15) is 37.3 Å². The van der Waals surface area contributed by atoms with E-state index >= 15 is 0 Å². The van der Waals surface area contributed by atoms with Crippen molar-refractivity contribution in [2.24, 2.45) is 0 Å². The third kappa shape index (κ3) is 10.8. The van der Waals surface area contributed by atoms with Crippen molar-refractivity contribution >= 4 is 37.5 Å². The molecule has 4 aromatic rings. The number of aromatic nitrogens is 4. The molecular formula is C37H55N5O5SSi2. The van der Waals surface area contributed by atoms with Crippen LogP contribution in [0.5, 0.6) is 0 Å². The molecule has 1 aromatic carbocycles. The Balaban J connectivity index is 1.51. The van der Waals surface area contributed by atoms with Gasteiger partial charge in [0.2, 0.25) is 0 Å². The number of aliphatic hydroxyl groups is 1. The minimum atomic E-state index is -3.31. The highest BCUT2D eigenvalue weighted by atomic mass is 32.2. The van der Waals surface area contributed by atoms with Gasteiger partial charge in [0.25, 0.3) is 0 Å². The molecule has 1 saturated carbocycles. The summed E-state index contributed by atoms with van der Waals surface area (Å²) in [7, 11) is -5.88. The molecule has 0 aliphatic heterocycles. The van der Waals surface area contributed by atoms with Gasteiger partial charge in [0.1, 0.15) is 29.1 Å². The minimum Gasteiger partial charge on any atom is -0.389 e. The molecule has 5 rings (SSSR count). The highest BCUT2D eigenvalue weighted by Crippen LogP contribution is 2.40. The lowest BCUT2D eigenvalue weighted by molar-refractivity contribution is 0.0201. The molecule has 0 atom stereocenters. The van der Waals surface area contributed by atoms with Crippen LogP contribution in [0.4, 0.5) is 5.82 Å². The summed E-state index contributed by atoms with van der Waals surface area (Å²) in [5.74, 6) is 0.644. The number of rotatable bonds is 16. The maximum atomic E-state index is 12.1. The largest absolute Gasteiger partial charge is 0.389 e. The maximum absolute atomic E-state index is 12.1. The van der Waals surface area contributed by atoms with E-state index in [4.69, 9.17) is 24.5 Å². The topological polar surface area (TPSA) is 119 Å². The molecule has 1 aliphatic carbocycles. The van der Waals surface area contributed by atoms with Crippen molar-refractivity contribution in [2.45, 2.75) is 88.6 Å². The second kappa shape index (κ2) is 15.7. The quantitative estimate of drug-likeness (QED) is 0.0717. The summed E-state index contributed by atoms with van der Waals surface area (Å²) in [4.78, 5) is 12.1. The number of anilines is 1. The molecule has 0 unspecified atom stereocenters. The average Bonchev–Trinajstić information content (AvgIpc) is 3.47. The van der Waals surface area contributed by atoms with Gasteiger partial charge in [-0.15, -0.1) is 0 Å². The lowest BCUT2D eigenvalue weighted by Gasteiger charge is -2.35. The van der Waals surface area contributed by atoms with Crippen LogP contribution in [-0.2, 0) is 19.3 Å². The molecule has 10 nitrogen and oxygen atoms in total. The Bertz CT molecular complexity index is 1790. The van der Waals surface area contributed by atoms with E-state index in [1.807, 2.05) is 53.3 Å². The zero-order valence-electron chi connectivity index (χ0n) is 30.9. The zero-order chi connectivity index (χ0) is 36.2. The zero-order valence-corrected chi connectivity index (χ0v) is 33.7. The Morgan fingerprint density at radius 3 is 2.06 bits per heavy atom. The monoisotopic (exact) mass is 737 g/mol. The third-order valence-electron chi connectivity index (χ3n) is 9.29. The molecule has 1 fully saturated rings. The molecule has 0 radical (unpaired) electrons. The van der Waals surface area contributed by atoms with Crippen molar-refractivity contribution in [3.8, 4) is 22.4 Å².